The molecule has 0 fully saturated rings. The van der Waals surface area contributed by atoms with E-state index in [-0.39, 0.29) is 18.2 Å². The van der Waals surface area contributed by atoms with E-state index in [1.54, 1.807) is 0 Å². The molecule has 26 heavy (non-hydrogen) atoms. The lowest BCUT2D eigenvalue weighted by Gasteiger charge is -2.12. The summed E-state index contributed by atoms with van der Waals surface area (Å²) in [5.41, 5.74) is 3.88. The van der Waals surface area contributed by atoms with Crippen LogP contribution in [0.2, 0.25) is 0 Å². The number of aromatic nitrogens is 3. The third kappa shape index (κ3) is 4.38. The number of amides is 1. The highest BCUT2D eigenvalue weighted by Gasteiger charge is 2.18. The Kier molecular flexibility index (Phi) is 6.17. The van der Waals surface area contributed by atoms with Gasteiger partial charge in [0.05, 0.1) is 12.3 Å². The van der Waals surface area contributed by atoms with E-state index in [0.29, 0.717) is 12.2 Å². The number of benzene rings is 1. The Morgan fingerprint density at radius 2 is 2.04 bits per heavy atom. The van der Waals surface area contributed by atoms with Crippen LogP contribution in [0, 0.1) is 0 Å². The number of nitrogens with zero attached hydrogens (tertiary/aromatic N) is 3. The summed E-state index contributed by atoms with van der Waals surface area (Å²) < 4.78 is 0. The monoisotopic (exact) mass is 354 g/mol. The van der Waals surface area contributed by atoms with Crippen LogP contribution < -0.4 is 5.32 Å². The average molecular weight is 354 g/mol. The first-order valence-electron chi connectivity index (χ1n) is 9.33. The fourth-order valence-corrected chi connectivity index (χ4v) is 3.15. The second-order valence-corrected chi connectivity index (χ2v) is 6.58. The van der Waals surface area contributed by atoms with Crippen LogP contribution in [0.1, 0.15) is 60.8 Å². The number of allylic oxidation sites excluding steroid dienone is 1. The molecule has 1 aromatic heterocycles. The maximum Gasteiger partial charge on any atom is 0.273 e. The van der Waals surface area contributed by atoms with E-state index >= 15 is 0 Å². The molecule has 1 aliphatic rings. The second-order valence-electron chi connectivity index (χ2n) is 6.58. The predicted octanol–water partition coefficient (Wildman–Crippen LogP) is 2.94. The van der Waals surface area contributed by atoms with E-state index in [9.17, 15) is 9.90 Å². The van der Waals surface area contributed by atoms with Crippen molar-refractivity contribution in [2.75, 3.05) is 6.54 Å². The van der Waals surface area contributed by atoms with Gasteiger partial charge in [-0.1, -0.05) is 30.7 Å². The lowest BCUT2D eigenvalue weighted by Crippen LogP contribution is -2.26. The quantitative estimate of drug-likeness (QED) is 0.749. The van der Waals surface area contributed by atoms with Crippen LogP contribution in [0.5, 0.6) is 0 Å². The highest BCUT2D eigenvalue weighted by atomic mass is 16.3. The van der Waals surface area contributed by atoms with Gasteiger partial charge in [0.15, 0.2) is 5.69 Å². The molecule has 6 heteroatoms. The smallest absolute Gasteiger partial charge is 0.273 e. The van der Waals surface area contributed by atoms with E-state index < -0.39 is 0 Å². The van der Waals surface area contributed by atoms with Crippen LogP contribution in [0.3, 0.4) is 0 Å². The number of aliphatic hydroxyl groups excluding tert-OH is 1. The van der Waals surface area contributed by atoms with Gasteiger partial charge in [0.1, 0.15) is 5.69 Å². The molecule has 1 amide bonds. The molecule has 0 spiro atoms. The number of rotatable bonds is 7. The molecule has 6 nitrogen and oxygen atoms in total. The maximum absolute atomic E-state index is 12.5. The zero-order valence-corrected chi connectivity index (χ0v) is 15.2. The van der Waals surface area contributed by atoms with Crippen molar-refractivity contribution in [3.63, 3.8) is 0 Å². The van der Waals surface area contributed by atoms with Gasteiger partial charge in [-0.25, -0.2) is 0 Å². The minimum Gasteiger partial charge on any atom is -0.390 e. The first kappa shape index (κ1) is 18.3. The van der Waals surface area contributed by atoms with Gasteiger partial charge in [-0.3, -0.25) is 4.79 Å². The van der Waals surface area contributed by atoms with Crippen LogP contribution in [-0.2, 0) is 13.0 Å². The lowest BCUT2D eigenvalue weighted by atomic mass is 9.97. The van der Waals surface area contributed by atoms with Gasteiger partial charge in [-0.15, -0.1) is 10.2 Å². The minimum absolute atomic E-state index is 0.185. The summed E-state index contributed by atoms with van der Waals surface area (Å²) in [6.07, 6.45) is 8.87. The Bertz CT molecular complexity index is 778. The molecular weight excluding hydrogens is 328 g/mol. The molecule has 0 bridgehead atoms. The molecule has 2 N–H and O–H groups in total. The van der Waals surface area contributed by atoms with Gasteiger partial charge in [0, 0.05) is 6.54 Å². The molecule has 0 saturated heterocycles. The molecule has 1 aliphatic carbocycles. The summed E-state index contributed by atoms with van der Waals surface area (Å²) in [5, 5.41) is 21.0. The van der Waals surface area contributed by atoms with Crippen molar-refractivity contribution in [3.8, 4) is 5.69 Å². The predicted molar refractivity (Wildman–Crippen MR) is 100 cm³/mol. The molecular formula is C20H26N4O2. The van der Waals surface area contributed by atoms with E-state index in [1.807, 2.05) is 24.3 Å². The Hall–Kier alpha value is -2.47. The molecule has 3 rings (SSSR count). The third-order valence-corrected chi connectivity index (χ3v) is 4.74. The Balaban J connectivity index is 1.67. The number of nitrogens with one attached hydrogen (secondary N) is 1. The highest BCUT2D eigenvalue weighted by Crippen LogP contribution is 2.19. The van der Waals surface area contributed by atoms with E-state index in [2.05, 4.69) is 28.5 Å². The zero-order chi connectivity index (χ0) is 18.4. The van der Waals surface area contributed by atoms with Crippen molar-refractivity contribution in [2.24, 2.45) is 0 Å². The summed E-state index contributed by atoms with van der Waals surface area (Å²) in [7, 11) is 0. The topological polar surface area (TPSA) is 80.0 Å². The van der Waals surface area contributed by atoms with Crippen molar-refractivity contribution in [3.05, 3.63) is 52.9 Å². The molecule has 0 aliphatic heterocycles. The summed E-state index contributed by atoms with van der Waals surface area (Å²) in [6.45, 7) is 2.35. The number of hydrogen-bond donors (Lipinski definition) is 2. The van der Waals surface area contributed by atoms with Gasteiger partial charge in [0.2, 0.25) is 0 Å². The summed E-state index contributed by atoms with van der Waals surface area (Å²) >= 11 is 0. The third-order valence-electron chi connectivity index (χ3n) is 4.74. The number of carbonyl (C=O) groups is 1. The van der Waals surface area contributed by atoms with Gasteiger partial charge in [-0.05, 0) is 56.2 Å². The SMILES string of the molecule is CCc1ccc(-n2nc(CO)c(C(=O)NCCC3=CCCCC3)n2)cc1. The van der Waals surface area contributed by atoms with Crippen molar-refractivity contribution < 1.29 is 9.90 Å². The van der Waals surface area contributed by atoms with E-state index in [1.165, 1.54) is 28.8 Å². The Morgan fingerprint density at radius 1 is 1.23 bits per heavy atom. The van der Waals surface area contributed by atoms with Crippen molar-refractivity contribution in [1.82, 2.24) is 20.3 Å². The average Bonchev–Trinajstić information content (AvgIpc) is 3.13. The van der Waals surface area contributed by atoms with Gasteiger partial charge in [0.25, 0.3) is 5.91 Å². The normalized spacial score (nSPS) is 14.2. The van der Waals surface area contributed by atoms with Gasteiger partial charge in [-0.2, -0.15) is 4.80 Å². The molecule has 138 valence electrons. The van der Waals surface area contributed by atoms with Crippen molar-refractivity contribution in [1.29, 1.82) is 0 Å². The number of carbonyl (C=O) groups excluding carboxylic acids is 1. The van der Waals surface area contributed by atoms with Crippen LogP contribution >= 0.6 is 0 Å². The standard InChI is InChI=1S/C20H26N4O2/c1-2-15-8-10-17(11-9-15)24-22-18(14-25)19(23-24)20(26)21-13-12-16-6-4-3-5-7-16/h6,8-11,25H,2-5,7,12-14H2,1H3,(H,21,26). The maximum atomic E-state index is 12.5. The van der Waals surface area contributed by atoms with E-state index in [0.717, 1.165) is 31.4 Å². The Morgan fingerprint density at radius 3 is 2.69 bits per heavy atom. The van der Waals surface area contributed by atoms with Gasteiger partial charge < -0.3 is 10.4 Å². The van der Waals surface area contributed by atoms with E-state index in [4.69, 9.17) is 0 Å². The Labute approximate surface area is 153 Å². The van der Waals surface area contributed by atoms with Crippen LogP contribution in [-0.4, -0.2) is 32.6 Å². The number of aliphatic hydroxyl groups is 1. The first-order valence-corrected chi connectivity index (χ1v) is 9.33. The van der Waals surface area contributed by atoms with Crippen molar-refractivity contribution in [2.45, 2.75) is 52.1 Å². The number of aryl methyl sites for hydroxylation is 1. The highest BCUT2D eigenvalue weighted by molar-refractivity contribution is 5.93. The molecule has 1 heterocycles. The van der Waals surface area contributed by atoms with Crippen LogP contribution in [0.15, 0.2) is 35.9 Å². The lowest BCUT2D eigenvalue weighted by molar-refractivity contribution is 0.0945. The van der Waals surface area contributed by atoms with Gasteiger partial charge >= 0.3 is 0 Å². The largest absolute Gasteiger partial charge is 0.390 e. The summed E-state index contributed by atoms with van der Waals surface area (Å²) in [6, 6.07) is 7.85. The molecule has 2 aromatic rings. The summed E-state index contributed by atoms with van der Waals surface area (Å²) in [4.78, 5) is 13.9. The molecule has 0 atom stereocenters. The van der Waals surface area contributed by atoms with Crippen molar-refractivity contribution >= 4 is 5.91 Å². The number of hydrogen-bond acceptors (Lipinski definition) is 4. The second kappa shape index (κ2) is 8.76. The molecule has 0 unspecified atom stereocenters. The van der Waals surface area contributed by atoms with Crippen LogP contribution in [0.4, 0.5) is 0 Å². The molecule has 0 radical (unpaired) electrons. The fraction of sp³-hybridized carbons (Fsp3) is 0.450. The first-order chi connectivity index (χ1) is 12.7. The summed E-state index contributed by atoms with van der Waals surface area (Å²) in [5.74, 6) is -0.290. The zero-order valence-electron chi connectivity index (χ0n) is 15.2. The minimum atomic E-state index is -0.319. The molecule has 0 saturated carbocycles. The molecule has 1 aromatic carbocycles. The van der Waals surface area contributed by atoms with Crippen LogP contribution in [0.25, 0.3) is 5.69 Å². The fourth-order valence-electron chi connectivity index (χ4n) is 3.15.